The molecule has 3 fully saturated rings. The van der Waals surface area contributed by atoms with Crippen LogP contribution in [0.15, 0.2) is 18.7 Å². The summed E-state index contributed by atoms with van der Waals surface area (Å²) in [6.07, 6.45) is 10.7. The van der Waals surface area contributed by atoms with Gasteiger partial charge in [-0.3, -0.25) is 14.4 Å². The molecule has 11 nitrogen and oxygen atoms in total. The molecule has 0 bridgehead atoms. The quantitative estimate of drug-likeness (QED) is 0.584. The van der Waals surface area contributed by atoms with Gasteiger partial charge >= 0.3 is 6.03 Å². The van der Waals surface area contributed by atoms with Crippen molar-refractivity contribution in [1.82, 2.24) is 35.7 Å². The number of nitrogens with zero attached hydrogens (tertiary/aromatic N) is 4. The number of hydrogen-bond acceptors (Lipinski definition) is 6. The standard InChI is InChI=1S/C22H31N7O4/c30-19-17(7-4-8-25-19)27-20(31)18-13-28(21(32)15-11-23-14-24-12-15)9-10-29(18)22(33)26-16-5-2-1-3-6-16/h11-12,14,16-18H,1-10,13H2,(H,25,30)(H,26,33)(H,27,31)/t17-,18-/m1/s1. The number of carbonyl (C=O) groups is 4. The summed E-state index contributed by atoms with van der Waals surface area (Å²) in [6, 6.07) is -1.74. The molecule has 0 spiro atoms. The van der Waals surface area contributed by atoms with Crippen molar-refractivity contribution in [3.8, 4) is 0 Å². The molecule has 0 radical (unpaired) electrons. The topological polar surface area (TPSA) is 137 Å². The summed E-state index contributed by atoms with van der Waals surface area (Å²) in [5.74, 6) is -0.952. The SMILES string of the molecule is O=C(N[C@@H]1CCCNC1=O)[C@H]1CN(C(=O)c2cncnc2)CCN1C(=O)NC1CCCCC1. The second-order valence-corrected chi connectivity index (χ2v) is 8.87. The van der Waals surface area contributed by atoms with Crippen molar-refractivity contribution in [2.75, 3.05) is 26.2 Å². The van der Waals surface area contributed by atoms with Crippen molar-refractivity contribution in [2.24, 2.45) is 0 Å². The molecule has 2 atom stereocenters. The summed E-state index contributed by atoms with van der Waals surface area (Å²) in [5, 5.41) is 8.61. The largest absolute Gasteiger partial charge is 0.354 e. The zero-order valence-electron chi connectivity index (χ0n) is 18.7. The van der Waals surface area contributed by atoms with Crippen LogP contribution in [0.1, 0.15) is 55.3 Å². The molecule has 3 heterocycles. The number of amides is 5. The minimum Gasteiger partial charge on any atom is -0.354 e. The van der Waals surface area contributed by atoms with Crippen LogP contribution in [0.5, 0.6) is 0 Å². The lowest BCUT2D eigenvalue weighted by molar-refractivity contribution is -0.133. The lowest BCUT2D eigenvalue weighted by Crippen LogP contribution is -2.65. The Kier molecular flexibility index (Phi) is 7.36. The lowest BCUT2D eigenvalue weighted by atomic mass is 9.95. The van der Waals surface area contributed by atoms with E-state index < -0.39 is 18.0 Å². The van der Waals surface area contributed by atoms with Gasteiger partial charge in [0.2, 0.25) is 11.8 Å². The molecule has 2 aliphatic heterocycles. The molecule has 1 aromatic heterocycles. The highest BCUT2D eigenvalue weighted by Gasteiger charge is 2.39. The van der Waals surface area contributed by atoms with E-state index in [0.717, 1.165) is 32.1 Å². The van der Waals surface area contributed by atoms with Gasteiger partial charge in [-0.1, -0.05) is 19.3 Å². The molecule has 1 aliphatic carbocycles. The highest BCUT2D eigenvalue weighted by molar-refractivity contribution is 5.96. The fraction of sp³-hybridized carbons (Fsp3) is 0.636. The molecule has 0 unspecified atom stereocenters. The summed E-state index contributed by atoms with van der Waals surface area (Å²) in [6.45, 7) is 1.13. The normalized spacial score (nSPS) is 24.1. The van der Waals surface area contributed by atoms with Crippen LogP contribution in [0.2, 0.25) is 0 Å². The number of piperazine rings is 1. The smallest absolute Gasteiger partial charge is 0.318 e. The summed E-state index contributed by atoms with van der Waals surface area (Å²) >= 11 is 0. The fourth-order valence-corrected chi connectivity index (χ4v) is 4.71. The number of piperidine rings is 1. The predicted octanol–water partition coefficient (Wildman–Crippen LogP) is 0.0401. The Hall–Kier alpha value is -3.24. The number of aromatic nitrogens is 2. The Morgan fingerprint density at radius 2 is 1.73 bits per heavy atom. The van der Waals surface area contributed by atoms with Gasteiger partial charge in [0.15, 0.2) is 0 Å². The van der Waals surface area contributed by atoms with Crippen LogP contribution < -0.4 is 16.0 Å². The zero-order valence-corrected chi connectivity index (χ0v) is 18.7. The van der Waals surface area contributed by atoms with Crippen LogP contribution in [-0.4, -0.2) is 87.8 Å². The highest BCUT2D eigenvalue weighted by atomic mass is 16.2. The lowest BCUT2D eigenvalue weighted by Gasteiger charge is -2.41. The summed E-state index contributed by atoms with van der Waals surface area (Å²) < 4.78 is 0. The third kappa shape index (κ3) is 5.58. The molecule has 178 valence electrons. The van der Waals surface area contributed by atoms with Gasteiger partial charge in [0.25, 0.3) is 5.91 Å². The Balaban J connectivity index is 1.48. The first-order chi connectivity index (χ1) is 16.0. The van der Waals surface area contributed by atoms with Gasteiger partial charge in [-0.15, -0.1) is 0 Å². The molecular formula is C22H31N7O4. The monoisotopic (exact) mass is 457 g/mol. The maximum absolute atomic E-state index is 13.2. The Morgan fingerprint density at radius 3 is 2.45 bits per heavy atom. The van der Waals surface area contributed by atoms with E-state index in [-0.39, 0.29) is 37.0 Å². The van der Waals surface area contributed by atoms with Crippen molar-refractivity contribution in [2.45, 2.75) is 63.1 Å². The van der Waals surface area contributed by atoms with E-state index in [1.54, 1.807) is 0 Å². The van der Waals surface area contributed by atoms with E-state index in [2.05, 4.69) is 25.9 Å². The summed E-state index contributed by atoms with van der Waals surface area (Å²) in [5.41, 5.74) is 0.323. The second kappa shape index (κ2) is 10.6. The summed E-state index contributed by atoms with van der Waals surface area (Å²) in [7, 11) is 0. The first kappa shape index (κ1) is 22.9. The van der Waals surface area contributed by atoms with Crippen molar-refractivity contribution in [1.29, 1.82) is 0 Å². The van der Waals surface area contributed by atoms with E-state index in [1.165, 1.54) is 34.9 Å². The Morgan fingerprint density at radius 1 is 0.970 bits per heavy atom. The molecule has 3 aliphatic rings. The van der Waals surface area contributed by atoms with Crippen LogP contribution in [-0.2, 0) is 9.59 Å². The molecule has 3 N–H and O–H groups in total. The van der Waals surface area contributed by atoms with Crippen LogP contribution in [0.3, 0.4) is 0 Å². The third-order valence-electron chi connectivity index (χ3n) is 6.57. The maximum atomic E-state index is 13.2. The molecule has 1 aromatic rings. The van der Waals surface area contributed by atoms with Crippen molar-refractivity contribution < 1.29 is 19.2 Å². The van der Waals surface area contributed by atoms with Crippen molar-refractivity contribution in [3.63, 3.8) is 0 Å². The maximum Gasteiger partial charge on any atom is 0.318 e. The number of rotatable bonds is 4. The third-order valence-corrected chi connectivity index (χ3v) is 6.57. The molecule has 4 rings (SSSR count). The Bertz CT molecular complexity index is 875. The van der Waals surface area contributed by atoms with Gasteiger partial charge < -0.3 is 25.8 Å². The number of carbonyl (C=O) groups excluding carboxylic acids is 4. The van der Waals surface area contributed by atoms with E-state index in [4.69, 9.17) is 0 Å². The average Bonchev–Trinajstić information content (AvgIpc) is 2.85. The van der Waals surface area contributed by atoms with Crippen molar-refractivity contribution >= 4 is 23.8 Å². The van der Waals surface area contributed by atoms with Gasteiger partial charge in [-0.05, 0) is 25.7 Å². The minimum atomic E-state index is -0.898. The van der Waals surface area contributed by atoms with Crippen molar-refractivity contribution in [3.05, 3.63) is 24.3 Å². The zero-order chi connectivity index (χ0) is 23.2. The van der Waals surface area contributed by atoms with Gasteiger partial charge in [0, 0.05) is 38.1 Å². The van der Waals surface area contributed by atoms with Crippen LogP contribution in [0.4, 0.5) is 4.79 Å². The van der Waals surface area contributed by atoms with Crippen LogP contribution in [0.25, 0.3) is 0 Å². The molecule has 1 saturated carbocycles. The number of urea groups is 1. The number of nitrogens with one attached hydrogen (secondary N) is 3. The first-order valence-electron chi connectivity index (χ1n) is 11.7. The van der Waals surface area contributed by atoms with Gasteiger partial charge in [-0.2, -0.15) is 0 Å². The minimum absolute atomic E-state index is 0.0337. The molecule has 2 saturated heterocycles. The highest BCUT2D eigenvalue weighted by Crippen LogP contribution is 2.19. The number of hydrogen-bond donors (Lipinski definition) is 3. The van der Waals surface area contributed by atoms with E-state index >= 15 is 0 Å². The van der Waals surface area contributed by atoms with Gasteiger partial charge in [0.05, 0.1) is 12.1 Å². The van der Waals surface area contributed by atoms with Crippen LogP contribution in [0, 0.1) is 0 Å². The van der Waals surface area contributed by atoms with Gasteiger partial charge in [-0.25, -0.2) is 14.8 Å². The fourth-order valence-electron chi connectivity index (χ4n) is 4.71. The van der Waals surface area contributed by atoms with Crippen LogP contribution >= 0.6 is 0 Å². The van der Waals surface area contributed by atoms with E-state index in [9.17, 15) is 19.2 Å². The second-order valence-electron chi connectivity index (χ2n) is 8.87. The van der Waals surface area contributed by atoms with E-state index in [0.29, 0.717) is 25.1 Å². The molecule has 0 aromatic carbocycles. The Labute approximate surface area is 192 Å². The first-order valence-corrected chi connectivity index (χ1v) is 11.7. The average molecular weight is 458 g/mol. The predicted molar refractivity (Wildman–Crippen MR) is 118 cm³/mol. The van der Waals surface area contributed by atoms with E-state index in [1.807, 2.05) is 0 Å². The molecule has 5 amide bonds. The summed E-state index contributed by atoms with van der Waals surface area (Å²) in [4.78, 5) is 62.3. The molecule has 33 heavy (non-hydrogen) atoms. The van der Waals surface area contributed by atoms with Gasteiger partial charge in [0.1, 0.15) is 18.4 Å². The molecule has 11 heteroatoms. The molecular weight excluding hydrogens is 426 g/mol.